The summed E-state index contributed by atoms with van der Waals surface area (Å²) in [4.78, 5) is 28.6. The van der Waals surface area contributed by atoms with Crippen molar-refractivity contribution in [1.29, 1.82) is 0 Å². The number of anilines is 1. The van der Waals surface area contributed by atoms with E-state index in [1.807, 2.05) is 19.9 Å². The molecule has 0 aromatic heterocycles. The first-order valence-corrected chi connectivity index (χ1v) is 12.8. The number of benzene rings is 2. The van der Waals surface area contributed by atoms with Gasteiger partial charge in [-0.05, 0) is 50.3 Å². The van der Waals surface area contributed by atoms with Crippen molar-refractivity contribution in [3.8, 4) is 0 Å². The second-order valence-electron chi connectivity index (χ2n) is 10.3. The van der Waals surface area contributed by atoms with Gasteiger partial charge in [0.15, 0.2) is 0 Å². The van der Waals surface area contributed by atoms with Gasteiger partial charge >= 0.3 is 6.03 Å². The molecule has 2 aromatic rings. The van der Waals surface area contributed by atoms with E-state index in [0.29, 0.717) is 5.92 Å². The van der Waals surface area contributed by atoms with E-state index in [9.17, 15) is 9.59 Å². The number of rotatable bonds is 4. The molecular weight excluding hydrogens is 424 g/mol. The van der Waals surface area contributed by atoms with Crippen LogP contribution in [0, 0.1) is 11.8 Å². The number of para-hydroxylation sites is 1. The lowest BCUT2D eigenvalue weighted by Gasteiger charge is -2.42. The first-order chi connectivity index (χ1) is 16.5. The maximum Gasteiger partial charge on any atom is 0.315 e. The molecule has 2 aromatic carbocycles. The predicted octanol–water partition coefficient (Wildman–Crippen LogP) is 5.01. The molecule has 6 heteroatoms. The Balaban J connectivity index is 1.42. The molecular formula is C28H36N4O2. The zero-order chi connectivity index (χ0) is 23.7. The van der Waals surface area contributed by atoms with Gasteiger partial charge in [0.2, 0.25) is 5.91 Å². The Morgan fingerprint density at radius 1 is 0.971 bits per heavy atom. The van der Waals surface area contributed by atoms with Gasteiger partial charge in [-0.3, -0.25) is 4.79 Å². The highest BCUT2D eigenvalue weighted by molar-refractivity contribution is 5.83. The number of nitrogens with zero attached hydrogens (tertiary/aromatic N) is 1. The number of fused-ring (bicyclic) bond motifs is 3. The van der Waals surface area contributed by atoms with Crippen LogP contribution in [0.4, 0.5) is 10.5 Å². The molecule has 1 saturated carbocycles. The van der Waals surface area contributed by atoms with E-state index in [0.717, 1.165) is 44.3 Å². The van der Waals surface area contributed by atoms with Gasteiger partial charge in [-0.2, -0.15) is 0 Å². The third-order valence-electron chi connectivity index (χ3n) is 7.72. The Morgan fingerprint density at radius 3 is 2.50 bits per heavy atom. The maximum atomic E-state index is 14.1. The summed E-state index contributed by atoms with van der Waals surface area (Å²) in [5.41, 5.74) is 3.60. The summed E-state index contributed by atoms with van der Waals surface area (Å²) in [6, 6.07) is 19.0. The smallest absolute Gasteiger partial charge is 0.315 e. The zero-order valence-electron chi connectivity index (χ0n) is 20.2. The molecule has 34 heavy (non-hydrogen) atoms. The number of urea groups is 1. The Bertz CT molecular complexity index is 1020. The highest BCUT2D eigenvalue weighted by Gasteiger charge is 2.48. The lowest BCUT2D eigenvalue weighted by molar-refractivity contribution is -0.138. The first-order valence-electron chi connectivity index (χ1n) is 12.8. The van der Waals surface area contributed by atoms with Crippen LogP contribution in [0.25, 0.3) is 0 Å². The highest BCUT2D eigenvalue weighted by atomic mass is 16.2. The molecule has 5 atom stereocenters. The van der Waals surface area contributed by atoms with E-state index >= 15 is 0 Å². The van der Waals surface area contributed by atoms with Crippen LogP contribution in [-0.2, 0) is 4.79 Å². The number of hydrogen-bond donors (Lipinski definition) is 3. The summed E-state index contributed by atoms with van der Waals surface area (Å²) in [7, 11) is 0. The Hall–Kier alpha value is -3.02. The minimum absolute atomic E-state index is 0.0576. The van der Waals surface area contributed by atoms with E-state index in [1.165, 1.54) is 11.1 Å². The third kappa shape index (κ3) is 4.38. The van der Waals surface area contributed by atoms with Crippen molar-refractivity contribution in [1.82, 2.24) is 15.5 Å². The van der Waals surface area contributed by atoms with Gasteiger partial charge in [0.1, 0.15) is 0 Å². The molecule has 0 unspecified atom stereocenters. The van der Waals surface area contributed by atoms with E-state index in [1.54, 1.807) is 0 Å². The fourth-order valence-corrected chi connectivity index (χ4v) is 6.25. The van der Waals surface area contributed by atoms with Crippen LogP contribution in [0.3, 0.4) is 0 Å². The average Bonchev–Trinajstić information content (AvgIpc) is 3.29. The standard InChI is InChI=1S/C28H36N4O2/c1-18(2)29-28(34)31-24-15-9-7-13-21(24)27(33)32-17-16-22-25(19-10-4-3-5-11-19)30-23-14-8-6-12-20(23)26(22)32/h3-6,8,10-12,14,18,21-22,24-26,30H,7,9,13,15-17H2,1-2H3,(H2,29,31,34)/t21-,22-,24+,25-,26-/m0/s1. The SMILES string of the molecule is CC(C)NC(=O)N[C@@H]1CCCC[C@@H]1C(=O)N1CC[C@H]2[C@H](c3ccccc3)Nc3ccccc3[C@@H]21. The molecule has 5 rings (SSSR count). The maximum absolute atomic E-state index is 14.1. The molecule has 3 N–H and O–H groups in total. The molecule has 2 fully saturated rings. The summed E-state index contributed by atoms with van der Waals surface area (Å²) in [5, 5.41) is 9.81. The quantitative estimate of drug-likeness (QED) is 0.601. The van der Waals surface area contributed by atoms with Gasteiger partial charge in [-0.25, -0.2) is 4.79 Å². The minimum atomic E-state index is -0.171. The molecule has 3 aliphatic rings. The fourth-order valence-electron chi connectivity index (χ4n) is 6.25. The topological polar surface area (TPSA) is 73.5 Å². The van der Waals surface area contributed by atoms with E-state index < -0.39 is 0 Å². The summed E-state index contributed by atoms with van der Waals surface area (Å²) in [5.74, 6) is 0.355. The van der Waals surface area contributed by atoms with E-state index in [4.69, 9.17) is 0 Å². The van der Waals surface area contributed by atoms with Gasteiger partial charge in [0.05, 0.1) is 18.0 Å². The van der Waals surface area contributed by atoms with Crippen LogP contribution in [0.15, 0.2) is 54.6 Å². The molecule has 0 spiro atoms. The molecule has 0 radical (unpaired) electrons. The number of nitrogens with one attached hydrogen (secondary N) is 3. The average molecular weight is 461 g/mol. The van der Waals surface area contributed by atoms with Crippen molar-refractivity contribution in [3.05, 3.63) is 65.7 Å². The number of carbonyl (C=O) groups is 2. The van der Waals surface area contributed by atoms with Crippen LogP contribution in [0.1, 0.15) is 69.2 Å². The Labute approximate surface area is 202 Å². The van der Waals surface area contributed by atoms with Gasteiger partial charge in [-0.15, -0.1) is 0 Å². The van der Waals surface area contributed by atoms with Gasteiger partial charge in [0.25, 0.3) is 0 Å². The highest BCUT2D eigenvalue weighted by Crippen LogP contribution is 2.51. The molecule has 2 heterocycles. The summed E-state index contributed by atoms with van der Waals surface area (Å²) < 4.78 is 0. The van der Waals surface area contributed by atoms with Gasteiger partial charge in [0, 0.05) is 30.2 Å². The van der Waals surface area contributed by atoms with Crippen LogP contribution >= 0.6 is 0 Å². The van der Waals surface area contributed by atoms with Crippen LogP contribution in [-0.4, -0.2) is 35.5 Å². The Morgan fingerprint density at radius 2 is 1.71 bits per heavy atom. The first kappa shape index (κ1) is 22.8. The van der Waals surface area contributed by atoms with Gasteiger partial charge in [-0.1, -0.05) is 61.4 Å². The Kier molecular flexibility index (Phi) is 6.48. The van der Waals surface area contributed by atoms with Gasteiger partial charge < -0.3 is 20.9 Å². The summed E-state index contributed by atoms with van der Waals surface area (Å²) >= 11 is 0. The monoisotopic (exact) mass is 460 g/mol. The minimum Gasteiger partial charge on any atom is -0.378 e. The van der Waals surface area contributed by atoms with Crippen molar-refractivity contribution in [3.63, 3.8) is 0 Å². The molecule has 1 saturated heterocycles. The molecule has 1 aliphatic carbocycles. The lowest BCUT2D eigenvalue weighted by Crippen LogP contribution is -2.53. The van der Waals surface area contributed by atoms with Crippen molar-refractivity contribution in [2.24, 2.45) is 11.8 Å². The van der Waals surface area contributed by atoms with E-state index in [-0.39, 0.29) is 42.0 Å². The lowest BCUT2D eigenvalue weighted by atomic mass is 9.79. The van der Waals surface area contributed by atoms with Crippen molar-refractivity contribution in [2.75, 3.05) is 11.9 Å². The number of hydrogen-bond acceptors (Lipinski definition) is 3. The molecule has 6 nitrogen and oxygen atoms in total. The summed E-state index contributed by atoms with van der Waals surface area (Å²) in [6.07, 6.45) is 4.74. The van der Waals surface area contributed by atoms with Crippen molar-refractivity contribution in [2.45, 2.75) is 70.1 Å². The normalized spacial score (nSPS) is 28.0. The largest absolute Gasteiger partial charge is 0.378 e. The molecule has 180 valence electrons. The fraction of sp³-hybridized carbons (Fsp3) is 0.500. The number of carbonyl (C=O) groups excluding carboxylic acids is 2. The number of likely N-dealkylation sites (tertiary alicyclic amines) is 1. The second kappa shape index (κ2) is 9.69. The van der Waals surface area contributed by atoms with Crippen molar-refractivity contribution >= 4 is 17.6 Å². The molecule has 0 bridgehead atoms. The third-order valence-corrected chi connectivity index (χ3v) is 7.72. The van der Waals surface area contributed by atoms with E-state index in [2.05, 4.69) is 69.4 Å². The molecule has 3 amide bonds. The van der Waals surface area contributed by atoms with Crippen LogP contribution in [0.5, 0.6) is 0 Å². The molecule has 2 aliphatic heterocycles. The summed E-state index contributed by atoms with van der Waals surface area (Å²) in [6.45, 7) is 4.66. The van der Waals surface area contributed by atoms with Crippen LogP contribution < -0.4 is 16.0 Å². The van der Waals surface area contributed by atoms with Crippen LogP contribution in [0.2, 0.25) is 0 Å². The number of amides is 3. The zero-order valence-corrected chi connectivity index (χ0v) is 20.2. The van der Waals surface area contributed by atoms with Crippen molar-refractivity contribution < 1.29 is 9.59 Å². The second-order valence-corrected chi connectivity index (χ2v) is 10.3. The predicted molar refractivity (Wildman–Crippen MR) is 134 cm³/mol.